The van der Waals surface area contributed by atoms with E-state index >= 15 is 0 Å². The Kier molecular flexibility index (Phi) is 6.08. The monoisotopic (exact) mass is 399 g/mol. The van der Waals surface area contributed by atoms with Crippen LogP contribution in [-0.2, 0) is 11.2 Å². The fourth-order valence-corrected chi connectivity index (χ4v) is 4.68. The maximum atomic E-state index is 13.4. The number of hydrogen-bond acceptors (Lipinski definition) is 3. The Bertz CT molecular complexity index is 859. The fourth-order valence-electron chi connectivity index (χ4n) is 3.78. The lowest BCUT2D eigenvalue weighted by Gasteiger charge is -2.39. The van der Waals surface area contributed by atoms with Crippen molar-refractivity contribution in [3.63, 3.8) is 0 Å². The van der Waals surface area contributed by atoms with E-state index in [1.54, 1.807) is 30.3 Å². The molecule has 0 unspecified atom stereocenters. The van der Waals surface area contributed by atoms with Gasteiger partial charge in [-0.1, -0.05) is 24.3 Å². The molecule has 0 N–H and O–H groups in total. The second-order valence-corrected chi connectivity index (χ2v) is 8.79. The highest BCUT2D eigenvalue weighted by atomic mass is 32.1. The van der Waals surface area contributed by atoms with Crippen molar-refractivity contribution in [2.45, 2.75) is 39.3 Å². The number of nitrogens with zero attached hydrogens (tertiary/aromatic N) is 3. The topological polar surface area (TPSA) is 43.9 Å². The highest BCUT2D eigenvalue weighted by Gasteiger charge is 2.35. The molecule has 0 radical (unpaired) electrons. The summed E-state index contributed by atoms with van der Waals surface area (Å²) in [5.74, 6) is -0.00555. The van der Waals surface area contributed by atoms with Crippen LogP contribution in [0.25, 0.3) is 0 Å². The van der Waals surface area contributed by atoms with Gasteiger partial charge in [-0.3, -0.25) is 4.79 Å². The molecule has 0 bridgehead atoms. The molecule has 0 saturated carbocycles. The van der Waals surface area contributed by atoms with Gasteiger partial charge in [0.25, 0.3) is 0 Å². The van der Waals surface area contributed by atoms with Gasteiger partial charge < -0.3 is 14.7 Å². The number of thiophene rings is 1. The van der Waals surface area contributed by atoms with Gasteiger partial charge in [0.2, 0.25) is 5.91 Å². The molecular formula is C22H29N3O2S. The molecule has 2 heterocycles. The van der Waals surface area contributed by atoms with Crippen molar-refractivity contribution in [2.75, 3.05) is 27.2 Å². The summed E-state index contributed by atoms with van der Waals surface area (Å²) in [4.78, 5) is 32.4. The van der Waals surface area contributed by atoms with E-state index in [4.69, 9.17) is 0 Å². The van der Waals surface area contributed by atoms with Crippen LogP contribution in [0.15, 0.2) is 35.7 Å². The Morgan fingerprint density at radius 1 is 1.18 bits per heavy atom. The van der Waals surface area contributed by atoms with Gasteiger partial charge in [-0.25, -0.2) is 4.79 Å². The number of aryl methyl sites for hydroxylation is 1. The molecule has 0 aliphatic carbocycles. The summed E-state index contributed by atoms with van der Waals surface area (Å²) in [6, 6.07) is 10.1. The molecule has 1 aromatic carbocycles. The van der Waals surface area contributed by atoms with E-state index in [0.29, 0.717) is 6.54 Å². The van der Waals surface area contributed by atoms with Gasteiger partial charge in [-0.15, -0.1) is 11.3 Å². The van der Waals surface area contributed by atoms with Crippen LogP contribution in [0.5, 0.6) is 0 Å². The molecule has 0 fully saturated rings. The predicted octanol–water partition coefficient (Wildman–Crippen LogP) is 3.92. The van der Waals surface area contributed by atoms with Crippen molar-refractivity contribution in [3.05, 3.63) is 57.3 Å². The molecule has 5 nitrogen and oxygen atoms in total. The maximum Gasteiger partial charge on any atom is 0.320 e. The van der Waals surface area contributed by atoms with E-state index in [1.165, 1.54) is 20.9 Å². The average Bonchev–Trinajstić information content (AvgIpc) is 3.13. The van der Waals surface area contributed by atoms with E-state index < -0.39 is 0 Å². The van der Waals surface area contributed by atoms with Crippen molar-refractivity contribution in [2.24, 2.45) is 0 Å². The summed E-state index contributed by atoms with van der Waals surface area (Å²) in [5, 5.41) is 2.11. The van der Waals surface area contributed by atoms with E-state index in [1.807, 2.05) is 30.9 Å². The molecule has 150 valence electrons. The number of benzene rings is 1. The van der Waals surface area contributed by atoms with Crippen molar-refractivity contribution in [1.29, 1.82) is 0 Å². The Morgan fingerprint density at radius 2 is 1.89 bits per heavy atom. The third kappa shape index (κ3) is 3.92. The smallest absolute Gasteiger partial charge is 0.320 e. The highest BCUT2D eigenvalue weighted by molar-refractivity contribution is 7.10. The molecule has 3 amide bonds. The van der Waals surface area contributed by atoms with Crippen LogP contribution in [0.3, 0.4) is 0 Å². The minimum atomic E-state index is -0.135. The quantitative estimate of drug-likeness (QED) is 0.782. The SMILES string of the molecule is Cc1ccccc1[C@H]1c2ccsc2CCN1C(=O)CN(C(=O)N(C)C)C(C)C. The summed E-state index contributed by atoms with van der Waals surface area (Å²) in [6.45, 7) is 6.75. The van der Waals surface area contributed by atoms with E-state index in [2.05, 4.69) is 30.5 Å². The Morgan fingerprint density at radius 3 is 2.54 bits per heavy atom. The molecule has 1 aliphatic heterocycles. The number of urea groups is 1. The Balaban J connectivity index is 1.94. The van der Waals surface area contributed by atoms with Crippen LogP contribution < -0.4 is 0 Å². The van der Waals surface area contributed by atoms with Crippen molar-refractivity contribution in [3.8, 4) is 0 Å². The summed E-state index contributed by atoms with van der Waals surface area (Å²) >= 11 is 1.76. The highest BCUT2D eigenvalue weighted by Crippen LogP contribution is 2.39. The number of carbonyl (C=O) groups is 2. The zero-order chi connectivity index (χ0) is 20.4. The summed E-state index contributed by atoms with van der Waals surface area (Å²) in [6.07, 6.45) is 0.866. The van der Waals surface area contributed by atoms with Gasteiger partial charge in [-0.2, -0.15) is 0 Å². The van der Waals surface area contributed by atoms with Gasteiger partial charge in [0.1, 0.15) is 6.54 Å². The lowest BCUT2D eigenvalue weighted by molar-refractivity contribution is -0.134. The molecule has 3 rings (SSSR count). The lowest BCUT2D eigenvalue weighted by atomic mass is 9.90. The van der Waals surface area contributed by atoms with Crippen LogP contribution in [0.1, 0.15) is 41.5 Å². The molecular weight excluding hydrogens is 370 g/mol. The van der Waals surface area contributed by atoms with Gasteiger partial charge in [0.15, 0.2) is 0 Å². The van der Waals surface area contributed by atoms with Gasteiger partial charge in [0.05, 0.1) is 6.04 Å². The van der Waals surface area contributed by atoms with Crippen LogP contribution in [-0.4, -0.2) is 59.9 Å². The zero-order valence-corrected chi connectivity index (χ0v) is 18.1. The minimum Gasteiger partial charge on any atom is -0.331 e. The molecule has 28 heavy (non-hydrogen) atoms. The molecule has 1 aliphatic rings. The second-order valence-electron chi connectivity index (χ2n) is 7.79. The summed E-state index contributed by atoms with van der Waals surface area (Å²) in [7, 11) is 3.44. The van der Waals surface area contributed by atoms with Crippen LogP contribution in [0.2, 0.25) is 0 Å². The van der Waals surface area contributed by atoms with E-state index in [-0.39, 0.29) is 30.6 Å². The Hall–Kier alpha value is -2.34. The van der Waals surface area contributed by atoms with E-state index in [0.717, 1.165) is 12.0 Å². The summed E-state index contributed by atoms with van der Waals surface area (Å²) < 4.78 is 0. The normalized spacial score (nSPS) is 16.1. The number of fused-ring (bicyclic) bond motifs is 1. The third-order valence-electron chi connectivity index (χ3n) is 5.33. The minimum absolute atomic E-state index is 0.00555. The third-order valence-corrected chi connectivity index (χ3v) is 6.32. The number of hydrogen-bond donors (Lipinski definition) is 0. The standard InChI is InChI=1S/C22H29N3O2S/c1-15(2)25(22(27)23(4)5)14-20(26)24-12-10-19-18(11-13-28-19)21(24)17-9-7-6-8-16(17)3/h6-9,11,13,15,21H,10,12,14H2,1-5H3/t21-/m0/s1. The van der Waals surface area contributed by atoms with Crippen molar-refractivity contribution in [1.82, 2.24) is 14.7 Å². The molecule has 0 spiro atoms. The molecule has 1 atom stereocenters. The van der Waals surface area contributed by atoms with Crippen molar-refractivity contribution < 1.29 is 9.59 Å². The van der Waals surface area contributed by atoms with Gasteiger partial charge in [-0.05, 0) is 55.3 Å². The number of amides is 3. The van der Waals surface area contributed by atoms with Crippen LogP contribution >= 0.6 is 11.3 Å². The molecule has 2 aromatic rings. The summed E-state index contributed by atoms with van der Waals surface area (Å²) in [5.41, 5.74) is 3.55. The van der Waals surface area contributed by atoms with Gasteiger partial charge >= 0.3 is 6.03 Å². The van der Waals surface area contributed by atoms with Crippen molar-refractivity contribution >= 4 is 23.3 Å². The number of carbonyl (C=O) groups excluding carboxylic acids is 2. The van der Waals surface area contributed by atoms with Crippen LogP contribution in [0, 0.1) is 6.92 Å². The average molecular weight is 400 g/mol. The largest absolute Gasteiger partial charge is 0.331 e. The fraction of sp³-hybridized carbons (Fsp3) is 0.455. The first-order valence-corrected chi connectivity index (χ1v) is 10.6. The lowest BCUT2D eigenvalue weighted by Crippen LogP contribution is -2.51. The first kappa shape index (κ1) is 20.4. The molecule has 6 heteroatoms. The molecule has 1 aromatic heterocycles. The molecule has 0 saturated heterocycles. The first-order valence-electron chi connectivity index (χ1n) is 9.70. The second kappa shape index (κ2) is 8.35. The van der Waals surface area contributed by atoms with Crippen LogP contribution in [0.4, 0.5) is 4.79 Å². The Labute approximate surface area is 171 Å². The predicted molar refractivity (Wildman–Crippen MR) is 114 cm³/mol. The van der Waals surface area contributed by atoms with E-state index in [9.17, 15) is 9.59 Å². The zero-order valence-electron chi connectivity index (χ0n) is 17.3. The maximum absolute atomic E-state index is 13.4. The van der Waals surface area contributed by atoms with Gasteiger partial charge in [0, 0.05) is 31.6 Å². The first-order chi connectivity index (χ1) is 13.3. The number of rotatable bonds is 4.